The van der Waals surface area contributed by atoms with Gasteiger partial charge in [-0.15, -0.1) is 0 Å². The summed E-state index contributed by atoms with van der Waals surface area (Å²) < 4.78 is 5.24. The summed E-state index contributed by atoms with van der Waals surface area (Å²) in [5, 5.41) is 0. The Hall–Kier alpha value is -0.610. The van der Waals surface area contributed by atoms with Gasteiger partial charge in [-0.2, -0.15) is 0 Å². The number of rotatable bonds is 3. The maximum atomic E-state index is 10.8. The Bertz CT molecular complexity index is 202. The quantitative estimate of drug-likeness (QED) is 0.639. The third kappa shape index (κ3) is 2.19. The van der Waals surface area contributed by atoms with Crippen molar-refractivity contribution in [1.29, 1.82) is 0 Å². The third-order valence-electron chi connectivity index (χ3n) is 2.88. The standard InChI is InChI=1S/C9H16N2O2/c10-9(12)8-5-7(8)6-11-1-3-13-4-2-11/h7-8H,1-6H2,(H2,10,12). The number of carbonyl (C=O) groups excluding carboxylic acids is 1. The van der Waals surface area contributed by atoms with Crippen molar-refractivity contribution in [2.24, 2.45) is 17.6 Å². The first kappa shape index (κ1) is 8.97. The van der Waals surface area contributed by atoms with Crippen LogP contribution in [-0.2, 0) is 9.53 Å². The van der Waals surface area contributed by atoms with E-state index in [1.165, 1.54) is 0 Å². The summed E-state index contributed by atoms with van der Waals surface area (Å²) in [5.41, 5.74) is 5.21. The maximum absolute atomic E-state index is 10.8. The van der Waals surface area contributed by atoms with Crippen LogP contribution in [0.15, 0.2) is 0 Å². The molecule has 2 unspecified atom stereocenters. The molecule has 2 N–H and O–H groups in total. The van der Waals surface area contributed by atoms with Gasteiger partial charge in [0.25, 0.3) is 0 Å². The Kier molecular flexibility index (Phi) is 2.51. The summed E-state index contributed by atoms with van der Waals surface area (Å²) in [6.45, 7) is 4.68. The molecule has 1 heterocycles. The number of nitrogens with two attached hydrogens (primary N) is 1. The van der Waals surface area contributed by atoms with Crippen LogP contribution in [0.25, 0.3) is 0 Å². The van der Waals surface area contributed by atoms with E-state index in [0.29, 0.717) is 5.92 Å². The molecular weight excluding hydrogens is 168 g/mol. The zero-order valence-electron chi connectivity index (χ0n) is 7.74. The highest BCUT2D eigenvalue weighted by molar-refractivity contribution is 5.79. The highest BCUT2D eigenvalue weighted by Gasteiger charge is 2.42. The van der Waals surface area contributed by atoms with Crippen LogP contribution in [0.2, 0.25) is 0 Å². The molecule has 0 spiro atoms. The van der Waals surface area contributed by atoms with Crippen LogP contribution in [0, 0.1) is 11.8 Å². The predicted molar refractivity (Wildman–Crippen MR) is 48.1 cm³/mol. The molecule has 1 aliphatic heterocycles. The third-order valence-corrected chi connectivity index (χ3v) is 2.88. The Morgan fingerprint density at radius 3 is 2.69 bits per heavy atom. The fourth-order valence-electron chi connectivity index (χ4n) is 1.91. The maximum Gasteiger partial charge on any atom is 0.220 e. The lowest BCUT2D eigenvalue weighted by molar-refractivity contribution is -0.119. The normalized spacial score (nSPS) is 34.5. The van der Waals surface area contributed by atoms with E-state index in [-0.39, 0.29) is 11.8 Å². The van der Waals surface area contributed by atoms with Crippen LogP contribution in [0.1, 0.15) is 6.42 Å². The van der Waals surface area contributed by atoms with E-state index < -0.39 is 0 Å². The molecule has 13 heavy (non-hydrogen) atoms. The van der Waals surface area contributed by atoms with Crippen molar-refractivity contribution in [1.82, 2.24) is 4.90 Å². The lowest BCUT2D eigenvalue weighted by Crippen LogP contribution is -2.38. The lowest BCUT2D eigenvalue weighted by Gasteiger charge is -2.26. The molecule has 2 fully saturated rings. The molecule has 0 aromatic heterocycles. The summed E-state index contributed by atoms with van der Waals surface area (Å²) >= 11 is 0. The molecule has 4 nitrogen and oxygen atoms in total. The van der Waals surface area contributed by atoms with Gasteiger partial charge in [-0.1, -0.05) is 0 Å². The van der Waals surface area contributed by atoms with Gasteiger partial charge in [0.2, 0.25) is 5.91 Å². The van der Waals surface area contributed by atoms with Crippen LogP contribution < -0.4 is 5.73 Å². The Labute approximate surface area is 78.0 Å². The van der Waals surface area contributed by atoms with Crippen molar-refractivity contribution >= 4 is 5.91 Å². The van der Waals surface area contributed by atoms with Crippen molar-refractivity contribution in [3.63, 3.8) is 0 Å². The van der Waals surface area contributed by atoms with Gasteiger partial charge >= 0.3 is 0 Å². The first-order chi connectivity index (χ1) is 6.27. The largest absolute Gasteiger partial charge is 0.379 e. The SMILES string of the molecule is NC(=O)C1CC1CN1CCOCC1. The Morgan fingerprint density at radius 1 is 1.46 bits per heavy atom. The minimum absolute atomic E-state index is 0.127. The molecule has 2 atom stereocenters. The molecule has 0 radical (unpaired) electrons. The van der Waals surface area contributed by atoms with Gasteiger partial charge in [0.1, 0.15) is 0 Å². The topological polar surface area (TPSA) is 55.6 Å². The zero-order chi connectivity index (χ0) is 9.26. The molecule has 0 aromatic rings. The van der Waals surface area contributed by atoms with Gasteiger partial charge in [-0.25, -0.2) is 0 Å². The minimum atomic E-state index is -0.127. The Balaban J connectivity index is 1.70. The van der Waals surface area contributed by atoms with E-state index in [1.54, 1.807) is 0 Å². The number of carbonyl (C=O) groups is 1. The second-order valence-electron chi connectivity index (χ2n) is 3.92. The minimum Gasteiger partial charge on any atom is -0.379 e. The van der Waals surface area contributed by atoms with E-state index in [1.807, 2.05) is 0 Å². The molecule has 74 valence electrons. The van der Waals surface area contributed by atoms with Gasteiger partial charge < -0.3 is 10.5 Å². The Morgan fingerprint density at radius 2 is 2.15 bits per heavy atom. The number of hydrogen-bond acceptors (Lipinski definition) is 3. The summed E-state index contributed by atoms with van der Waals surface area (Å²) in [6.07, 6.45) is 0.993. The van der Waals surface area contributed by atoms with E-state index >= 15 is 0 Å². The van der Waals surface area contributed by atoms with Gasteiger partial charge in [-0.3, -0.25) is 9.69 Å². The summed E-state index contributed by atoms with van der Waals surface area (Å²) in [4.78, 5) is 13.2. The average molecular weight is 184 g/mol. The molecule has 2 aliphatic rings. The monoisotopic (exact) mass is 184 g/mol. The summed E-state index contributed by atoms with van der Waals surface area (Å²) in [5.74, 6) is 0.553. The van der Waals surface area contributed by atoms with Crippen LogP contribution in [0.5, 0.6) is 0 Å². The van der Waals surface area contributed by atoms with Crippen LogP contribution in [-0.4, -0.2) is 43.7 Å². The average Bonchev–Trinajstić information content (AvgIpc) is 2.86. The predicted octanol–water partition coefficient (Wildman–Crippen LogP) is -0.560. The fraction of sp³-hybridized carbons (Fsp3) is 0.889. The van der Waals surface area contributed by atoms with Gasteiger partial charge in [0.15, 0.2) is 0 Å². The highest BCUT2D eigenvalue weighted by atomic mass is 16.5. The lowest BCUT2D eigenvalue weighted by atomic mass is 10.2. The van der Waals surface area contributed by atoms with E-state index in [2.05, 4.69) is 4.90 Å². The number of primary amides is 1. The number of morpholine rings is 1. The van der Waals surface area contributed by atoms with Gasteiger partial charge in [0, 0.05) is 25.6 Å². The molecular formula is C9H16N2O2. The molecule has 1 saturated heterocycles. The number of ether oxygens (including phenoxy) is 1. The number of amides is 1. The second-order valence-corrected chi connectivity index (χ2v) is 3.92. The molecule has 1 aliphatic carbocycles. The van der Waals surface area contributed by atoms with Crippen molar-refractivity contribution in [3.8, 4) is 0 Å². The molecule has 4 heteroatoms. The van der Waals surface area contributed by atoms with E-state index in [4.69, 9.17) is 10.5 Å². The first-order valence-electron chi connectivity index (χ1n) is 4.87. The number of nitrogens with zero attached hydrogens (tertiary/aromatic N) is 1. The molecule has 2 rings (SSSR count). The van der Waals surface area contributed by atoms with Crippen molar-refractivity contribution in [2.45, 2.75) is 6.42 Å². The van der Waals surface area contributed by atoms with Crippen molar-refractivity contribution in [3.05, 3.63) is 0 Å². The molecule has 1 saturated carbocycles. The molecule has 0 bridgehead atoms. The molecule has 0 aromatic carbocycles. The first-order valence-corrected chi connectivity index (χ1v) is 4.87. The van der Waals surface area contributed by atoms with Gasteiger partial charge in [-0.05, 0) is 12.3 Å². The van der Waals surface area contributed by atoms with Crippen LogP contribution in [0.3, 0.4) is 0 Å². The van der Waals surface area contributed by atoms with Crippen LogP contribution >= 0.6 is 0 Å². The smallest absolute Gasteiger partial charge is 0.220 e. The number of hydrogen-bond donors (Lipinski definition) is 1. The fourth-order valence-corrected chi connectivity index (χ4v) is 1.91. The highest BCUT2D eigenvalue weighted by Crippen LogP contribution is 2.38. The molecule has 1 amide bonds. The zero-order valence-corrected chi connectivity index (χ0v) is 7.74. The van der Waals surface area contributed by atoms with E-state index in [0.717, 1.165) is 39.3 Å². The second kappa shape index (κ2) is 3.64. The van der Waals surface area contributed by atoms with Gasteiger partial charge in [0.05, 0.1) is 13.2 Å². The summed E-state index contributed by atoms with van der Waals surface area (Å²) in [7, 11) is 0. The van der Waals surface area contributed by atoms with Crippen molar-refractivity contribution < 1.29 is 9.53 Å². The van der Waals surface area contributed by atoms with Crippen LogP contribution in [0.4, 0.5) is 0 Å². The van der Waals surface area contributed by atoms with Crippen molar-refractivity contribution in [2.75, 3.05) is 32.8 Å². The van der Waals surface area contributed by atoms with E-state index in [9.17, 15) is 4.79 Å². The summed E-state index contributed by atoms with van der Waals surface area (Å²) in [6, 6.07) is 0.